The highest BCUT2D eigenvalue weighted by molar-refractivity contribution is 5.00. The molecule has 0 bridgehead atoms. The lowest BCUT2D eigenvalue weighted by atomic mass is 10.2. The minimum Gasteiger partial charge on any atom is -0.312 e. The first-order chi connectivity index (χ1) is 8.81. The van der Waals surface area contributed by atoms with Crippen molar-refractivity contribution >= 4 is 0 Å². The van der Waals surface area contributed by atoms with Crippen LogP contribution in [0.3, 0.4) is 0 Å². The lowest BCUT2D eigenvalue weighted by molar-refractivity contribution is 0.197. The molecule has 1 atom stereocenters. The van der Waals surface area contributed by atoms with Crippen LogP contribution >= 0.6 is 0 Å². The second kappa shape index (κ2) is 5.41. The highest BCUT2D eigenvalue weighted by atomic mass is 15.3. The highest BCUT2D eigenvalue weighted by Gasteiger charge is 2.19. The van der Waals surface area contributed by atoms with E-state index in [2.05, 4.69) is 34.1 Å². The van der Waals surface area contributed by atoms with E-state index in [9.17, 15) is 0 Å². The number of aromatic nitrogens is 2. The number of piperazine rings is 1. The zero-order valence-corrected chi connectivity index (χ0v) is 11.3. The Morgan fingerprint density at radius 3 is 3.00 bits per heavy atom. The number of nitrogens with one attached hydrogen (secondary N) is 1. The van der Waals surface area contributed by atoms with Crippen molar-refractivity contribution in [1.29, 1.82) is 0 Å². The number of hydrogen-bond acceptors (Lipinski definition) is 3. The molecule has 0 radical (unpaired) electrons. The van der Waals surface area contributed by atoms with Crippen molar-refractivity contribution in [2.24, 2.45) is 0 Å². The summed E-state index contributed by atoms with van der Waals surface area (Å²) >= 11 is 0. The van der Waals surface area contributed by atoms with Gasteiger partial charge in [0.05, 0.1) is 11.7 Å². The van der Waals surface area contributed by atoms with Crippen molar-refractivity contribution in [1.82, 2.24) is 20.0 Å². The summed E-state index contributed by atoms with van der Waals surface area (Å²) in [5.74, 6) is 0. The molecular formula is C14H24N4. The van der Waals surface area contributed by atoms with E-state index >= 15 is 0 Å². The predicted octanol–water partition coefficient (Wildman–Crippen LogP) is 1.79. The van der Waals surface area contributed by atoms with E-state index in [0.717, 1.165) is 26.2 Å². The van der Waals surface area contributed by atoms with Crippen molar-refractivity contribution in [3.05, 3.63) is 18.0 Å². The molecule has 1 N–H and O–H groups in total. The quantitative estimate of drug-likeness (QED) is 0.885. The Labute approximate surface area is 109 Å². The average molecular weight is 248 g/mol. The normalized spacial score (nSPS) is 26.8. The van der Waals surface area contributed by atoms with E-state index in [0.29, 0.717) is 12.1 Å². The number of rotatable bonds is 3. The van der Waals surface area contributed by atoms with Crippen molar-refractivity contribution in [2.45, 2.75) is 51.2 Å². The van der Waals surface area contributed by atoms with E-state index in [4.69, 9.17) is 5.10 Å². The van der Waals surface area contributed by atoms with E-state index in [-0.39, 0.29) is 0 Å². The highest BCUT2D eigenvalue weighted by Crippen LogP contribution is 2.28. The molecule has 1 unspecified atom stereocenters. The van der Waals surface area contributed by atoms with Crippen LogP contribution in [0.4, 0.5) is 0 Å². The Balaban J connectivity index is 1.59. The summed E-state index contributed by atoms with van der Waals surface area (Å²) in [4.78, 5) is 2.50. The van der Waals surface area contributed by atoms with Gasteiger partial charge in [0.2, 0.25) is 0 Å². The third kappa shape index (κ3) is 2.75. The zero-order valence-electron chi connectivity index (χ0n) is 11.3. The molecule has 0 spiro atoms. The van der Waals surface area contributed by atoms with Gasteiger partial charge in [-0.1, -0.05) is 12.8 Å². The SMILES string of the molecule is CC1CN(Cc2ccn(C3CCCC3)n2)CCN1. The lowest BCUT2D eigenvalue weighted by Crippen LogP contribution is -2.48. The summed E-state index contributed by atoms with van der Waals surface area (Å²) in [6, 6.07) is 3.47. The molecule has 1 aliphatic carbocycles. The third-order valence-corrected chi connectivity index (χ3v) is 4.20. The molecule has 1 saturated carbocycles. The maximum Gasteiger partial charge on any atom is 0.0764 e. The lowest BCUT2D eigenvalue weighted by Gasteiger charge is -2.31. The second-order valence-electron chi connectivity index (χ2n) is 5.82. The van der Waals surface area contributed by atoms with Crippen LogP contribution in [0, 0.1) is 0 Å². The van der Waals surface area contributed by atoms with Gasteiger partial charge in [-0.25, -0.2) is 0 Å². The third-order valence-electron chi connectivity index (χ3n) is 4.20. The molecule has 1 aliphatic heterocycles. The van der Waals surface area contributed by atoms with Crippen molar-refractivity contribution in [3.8, 4) is 0 Å². The molecule has 2 heterocycles. The number of hydrogen-bond donors (Lipinski definition) is 1. The molecule has 4 nitrogen and oxygen atoms in total. The molecule has 2 aliphatic rings. The summed E-state index contributed by atoms with van der Waals surface area (Å²) in [6.45, 7) is 6.64. The van der Waals surface area contributed by atoms with E-state index in [1.807, 2.05) is 0 Å². The average Bonchev–Trinajstić information content (AvgIpc) is 2.98. The molecule has 1 aromatic rings. The largest absolute Gasteiger partial charge is 0.312 e. The standard InChI is InChI=1S/C14H24N4/c1-12-10-17(9-7-15-12)11-13-6-8-18(16-13)14-4-2-3-5-14/h6,8,12,14-15H,2-5,7,9-11H2,1H3. The first-order valence-electron chi connectivity index (χ1n) is 7.31. The Bertz CT molecular complexity index is 381. The van der Waals surface area contributed by atoms with Gasteiger partial charge in [0, 0.05) is 38.4 Å². The fourth-order valence-electron chi connectivity index (χ4n) is 3.22. The van der Waals surface area contributed by atoms with Crippen LogP contribution in [0.1, 0.15) is 44.3 Å². The first-order valence-corrected chi connectivity index (χ1v) is 7.31. The van der Waals surface area contributed by atoms with Gasteiger partial charge >= 0.3 is 0 Å². The topological polar surface area (TPSA) is 33.1 Å². The van der Waals surface area contributed by atoms with Crippen LogP contribution in [-0.4, -0.2) is 40.4 Å². The molecule has 100 valence electrons. The molecule has 2 fully saturated rings. The number of nitrogens with zero attached hydrogens (tertiary/aromatic N) is 3. The van der Waals surface area contributed by atoms with Gasteiger partial charge in [0.15, 0.2) is 0 Å². The van der Waals surface area contributed by atoms with Gasteiger partial charge in [0.25, 0.3) is 0 Å². The Morgan fingerprint density at radius 1 is 1.39 bits per heavy atom. The maximum atomic E-state index is 4.77. The van der Waals surface area contributed by atoms with Crippen LogP contribution in [-0.2, 0) is 6.54 Å². The van der Waals surface area contributed by atoms with Crippen molar-refractivity contribution < 1.29 is 0 Å². The fraction of sp³-hybridized carbons (Fsp3) is 0.786. The monoisotopic (exact) mass is 248 g/mol. The molecule has 0 amide bonds. The predicted molar refractivity (Wildman–Crippen MR) is 72.5 cm³/mol. The fourth-order valence-corrected chi connectivity index (χ4v) is 3.22. The Hall–Kier alpha value is -0.870. The van der Waals surface area contributed by atoms with Crippen LogP contribution in [0.25, 0.3) is 0 Å². The van der Waals surface area contributed by atoms with Gasteiger partial charge in [0.1, 0.15) is 0 Å². The van der Waals surface area contributed by atoms with E-state index < -0.39 is 0 Å². The summed E-state index contributed by atoms with van der Waals surface area (Å²) in [5, 5.41) is 8.25. The first kappa shape index (κ1) is 12.2. The van der Waals surface area contributed by atoms with E-state index in [1.165, 1.54) is 31.4 Å². The smallest absolute Gasteiger partial charge is 0.0764 e. The molecule has 1 saturated heterocycles. The molecule has 0 aromatic carbocycles. The molecule has 4 heteroatoms. The second-order valence-corrected chi connectivity index (χ2v) is 5.82. The van der Waals surface area contributed by atoms with Gasteiger partial charge in [-0.15, -0.1) is 0 Å². The maximum absolute atomic E-state index is 4.77. The Morgan fingerprint density at radius 2 is 2.22 bits per heavy atom. The van der Waals surface area contributed by atoms with Crippen LogP contribution in [0.5, 0.6) is 0 Å². The molecule has 1 aromatic heterocycles. The van der Waals surface area contributed by atoms with Gasteiger partial charge in [-0.3, -0.25) is 9.58 Å². The van der Waals surface area contributed by atoms with Crippen LogP contribution in [0.15, 0.2) is 12.3 Å². The minimum absolute atomic E-state index is 0.607. The summed E-state index contributed by atoms with van der Waals surface area (Å²) in [5.41, 5.74) is 1.23. The summed E-state index contributed by atoms with van der Waals surface area (Å²) < 4.78 is 2.20. The van der Waals surface area contributed by atoms with Crippen molar-refractivity contribution in [3.63, 3.8) is 0 Å². The van der Waals surface area contributed by atoms with Crippen molar-refractivity contribution in [2.75, 3.05) is 19.6 Å². The summed E-state index contributed by atoms with van der Waals surface area (Å²) in [6.07, 6.45) is 7.54. The molecular weight excluding hydrogens is 224 g/mol. The zero-order chi connectivity index (χ0) is 12.4. The molecule has 3 rings (SSSR count). The summed E-state index contributed by atoms with van der Waals surface area (Å²) in [7, 11) is 0. The van der Waals surface area contributed by atoms with Gasteiger partial charge in [-0.2, -0.15) is 5.10 Å². The van der Waals surface area contributed by atoms with Crippen LogP contribution in [0.2, 0.25) is 0 Å². The van der Waals surface area contributed by atoms with E-state index in [1.54, 1.807) is 0 Å². The van der Waals surface area contributed by atoms with Gasteiger partial charge < -0.3 is 5.32 Å². The Kier molecular flexibility index (Phi) is 3.66. The van der Waals surface area contributed by atoms with Gasteiger partial charge in [-0.05, 0) is 25.8 Å². The minimum atomic E-state index is 0.607. The molecule has 18 heavy (non-hydrogen) atoms. The van der Waals surface area contributed by atoms with Crippen LogP contribution < -0.4 is 5.32 Å².